The average Bonchev–Trinajstić information content (AvgIpc) is 2.40. The Bertz CT molecular complexity index is 397. The Labute approximate surface area is 130 Å². The molecule has 6 heteroatoms. The normalized spacial score (nSPS) is 17.8. The van der Waals surface area contributed by atoms with Crippen LogP contribution in [0.3, 0.4) is 0 Å². The second-order valence-corrected chi connectivity index (χ2v) is 5.32. The van der Waals surface area contributed by atoms with E-state index >= 15 is 0 Å². The smallest absolute Gasteiger partial charge is 0.0454 e. The van der Waals surface area contributed by atoms with Crippen LogP contribution in [0, 0.1) is 0 Å². The Morgan fingerprint density at radius 3 is 2.58 bits per heavy atom. The van der Waals surface area contributed by atoms with Gasteiger partial charge < -0.3 is 10.4 Å². The predicted molar refractivity (Wildman–Crippen MR) is 82.6 cm³/mol. The van der Waals surface area contributed by atoms with E-state index in [2.05, 4.69) is 10.2 Å². The molecule has 19 heavy (non-hydrogen) atoms. The number of halogens is 3. The predicted octanol–water partition coefficient (Wildman–Crippen LogP) is 2.74. The lowest BCUT2D eigenvalue weighted by Gasteiger charge is -2.35. The van der Waals surface area contributed by atoms with Crippen molar-refractivity contribution in [3.05, 3.63) is 33.8 Å². The monoisotopic (exact) mass is 324 g/mol. The van der Waals surface area contributed by atoms with E-state index in [1.165, 1.54) is 0 Å². The molecule has 1 aromatic carbocycles. The minimum absolute atomic E-state index is 0. The summed E-state index contributed by atoms with van der Waals surface area (Å²) >= 11 is 12.3. The van der Waals surface area contributed by atoms with Gasteiger partial charge in [-0.05, 0) is 30.2 Å². The molecule has 0 aromatic heterocycles. The van der Waals surface area contributed by atoms with Crippen LogP contribution in [0.1, 0.15) is 18.0 Å². The molecular formula is C13H19Cl3N2O. The zero-order valence-electron chi connectivity index (χ0n) is 10.6. The van der Waals surface area contributed by atoms with Crippen LogP contribution >= 0.6 is 35.6 Å². The van der Waals surface area contributed by atoms with Gasteiger partial charge in [0.05, 0.1) is 0 Å². The molecule has 0 amide bonds. The first kappa shape index (κ1) is 17.0. The van der Waals surface area contributed by atoms with Crippen molar-refractivity contribution < 1.29 is 5.11 Å². The number of aliphatic hydroxyl groups is 1. The summed E-state index contributed by atoms with van der Waals surface area (Å²) in [5, 5.41) is 14.0. The Kier molecular flexibility index (Phi) is 7.44. The van der Waals surface area contributed by atoms with Gasteiger partial charge in [-0.15, -0.1) is 12.4 Å². The zero-order chi connectivity index (χ0) is 13.0. The number of piperazine rings is 1. The van der Waals surface area contributed by atoms with Gasteiger partial charge in [-0.2, -0.15) is 0 Å². The maximum absolute atomic E-state index is 9.27. The molecule has 0 spiro atoms. The number of rotatable bonds is 4. The van der Waals surface area contributed by atoms with Gasteiger partial charge >= 0.3 is 0 Å². The van der Waals surface area contributed by atoms with Crippen molar-refractivity contribution in [1.82, 2.24) is 10.2 Å². The first-order valence-electron chi connectivity index (χ1n) is 6.23. The van der Waals surface area contributed by atoms with Gasteiger partial charge in [0, 0.05) is 48.9 Å². The summed E-state index contributed by atoms with van der Waals surface area (Å²) in [6.07, 6.45) is 0.681. The van der Waals surface area contributed by atoms with E-state index in [-0.39, 0.29) is 25.1 Å². The Hall–Kier alpha value is -0.0300. The SMILES string of the molecule is Cl.OCC[C@H](c1cc(Cl)ccc1Cl)N1CCNCC1. The van der Waals surface area contributed by atoms with Crippen molar-refractivity contribution >= 4 is 35.6 Å². The summed E-state index contributed by atoms with van der Waals surface area (Å²) < 4.78 is 0. The number of nitrogens with one attached hydrogen (secondary N) is 1. The second kappa shape index (κ2) is 8.30. The van der Waals surface area contributed by atoms with Gasteiger partial charge in [-0.3, -0.25) is 4.90 Å². The van der Waals surface area contributed by atoms with Gasteiger partial charge in [0.25, 0.3) is 0 Å². The van der Waals surface area contributed by atoms with Gasteiger partial charge in [-0.25, -0.2) is 0 Å². The summed E-state index contributed by atoms with van der Waals surface area (Å²) in [6.45, 7) is 4.03. The van der Waals surface area contributed by atoms with E-state index in [1.54, 1.807) is 6.07 Å². The maximum Gasteiger partial charge on any atom is 0.0454 e. The van der Waals surface area contributed by atoms with Crippen LogP contribution in [0.2, 0.25) is 10.0 Å². The Morgan fingerprint density at radius 2 is 1.95 bits per heavy atom. The van der Waals surface area contributed by atoms with Gasteiger partial charge in [0.15, 0.2) is 0 Å². The Balaban J connectivity index is 0.00000180. The summed E-state index contributed by atoms with van der Waals surface area (Å²) in [7, 11) is 0. The van der Waals surface area contributed by atoms with E-state index in [0.29, 0.717) is 11.4 Å². The standard InChI is InChI=1S/C13H18Cl2N2O.ClH/c14-10-1-2-12(15)11(9-10)13(3-8-18)17-6-4-16-5-7-17;/h1-2,9,13,16,18H,3-8H2;1H/t13-;/m1./s1. The molecule has 1 atom stereocenters. The summed E-state index contributed by atoms with van der Waals surface area (Å²) in [5.41, 5.74) is 1.01. The van der Waals surface area contributed by atoms with Crippen LogP contribution in [-0.2, 0) is 0 Å². The third-order valence-corrected chi connectivity index (χ3v) is 3.89. The van der Waals surface area contributed by atoms with Crippen molar-refractivity contribution in [1.29, 1.82) is 0 Å². The van der Waals surface area contributed by atoms with Crippen molar-refractivity contribution in [3.8, 4) is 0 Å². The first-order chi connectivity index (χ1) is 8.72. The molecule has 1 aromatic rings. The van der Waals surface area contributed by atoms with Gasteiger partial charge in [0.2, 0.25) is 0 Å². The Morgan fingerprint density at radius 1 is 1.26 bits per heavy atom. The molecule has 0 bridgehead atoms. The molecule has 0 saturated carbocycles. The van der Waals surface area contributed by atoms with Crippen LogP contribution in [0.25, 0.3) is 0 Å². The highest BCUT2D eigenvalue weighted by molar-refractivity contribution is 6.33. The molecule has 108 valence electrons. The fraction of sp³-hybridized carbons (Fsp3) is 0.538. The molecule has 1 saturated heterocycles. The minimum atomic E-state index is 0. The molecule has 2 rings (SSSR count). The van der Waals surface area contributed by atoms with Crippen LogP contribution in [0.5, 0.6) is 0 Å². The second-order valence-electron chi connectivity index (χ2n) is 4.48. The van der Waals surface area contributed by atoms with Crippen molar-refractivity contribution in [2.45, 2.75) is 12.5 Å². The molecule has 0 unspecified atom stereocenters. The zero-order valence-corrected chi connectivity index (χ0v) is 12.9. The topological polar surface area (TPSA) is 35.5 Å². The van der Waals surface area contributed by atoms with Crippen LogP contribution < -0.4 is 5.32 Å². The van der Waals surface area contributed by atoms with Crippen LogP contribution in [0.15, 0.2) is 18.2 Å². The highest BCUT2D eigenvalue weighted by atomic mass is 35.5. The third-order valence-electron chi connectivity index (χ3n) is 3.31. The molecule has 1 aliphatic rings. The van der Waals surface area contributed by atoms with Gasteiger partial charge in [0.1, 0.15) is 0 Å². The molecule has 0 aliphatic carbocycles. The highest BCUT2D eigenvalue weighted by Crippen LogP contribution is 2.32. The van der Waals surface area contributed by atoms with Crippen molar-refractivity contribution in [2.75, 3.05) is 32.8 Å². The molecule has 0 radical (unpaired) electrons. The van der Waals surface area contributed by atoms with Gasteiger partial charge in [-0.1, -0.05) is 23.2 Å². The van der Waals surface area contributed by atoms with E-state index in [1.807, 2.05) is 12.1 Å². The quantitative estimate of drug-likeness (QED) is 0.893. The summed E-state index contributed by atoms with van der Waals surface area (Å²) in [6, 6.07) is 5.67. The fourth-order valence-corrected chi connectivity index (χ4v) is 2.84. The third kappa shape index (κ3) is 4.48. The molecule has 2 N–H and O–H groups in total. The van der Waals surface area contributed by atoms with E-state index in [9.17, 15) is 5.11 Å². The largest absolute Gasteiger partial charge is 0.396 e. The molecule has 1 fully saturated rings. The fourth-order valence-electron chi connectivity index (χ4n) is 2.42. The van der Waals surface area contributed by atoms with Crippen molar-refractivity contribution in [3.63, 3.8) is 0 Å². The number of benzene rings is 1. The minimum Gasteiger partial charge on any atom is -0.396 e. The molecule has 1 aliphatic heterocycles. The van der Waals surface area contributed by atoms with E-state index in [4.69, 9.17) is 23.2 Å². The molecular weight excluding hydrogens is 307 g/mol. The van der Waals surface area contributed by atoms with Crippen LogP contribution in [0.4, 0.5) is 0 Å². The highest BCUT2D eigenvalue weighted by Gasteiger charge is 2.23. The van der Waals surface area contributed by atoms with Crippen LogP contribution in [-0.4, -0.2) is 42.8 Å². The number of hydrogen-bond donors (Lipinski definition) is 2. The lowest BCUT2D eigenvalue weighted by atomic mass is 10.0. The lowest BCUT2D eigenvalue weighted by Crippen LogP contribution is -2.45. The summed E-state index contributed by atoms with van der Waals surface area (Å²) in [4.78, 5) is 2.35. The molecule has 3 nitrogen and oxygen atoms in total. The first-order valence-corrected chi connectivity index (χ1v) is 6.98. The number of nitrogens with zero attached hydrogens (tertiary/aromatic N) is 1. The molecule has 1 heterocycles. The van der Waals surface area contributed by atoms with E-state index < -0.39 is 0 Å². The number of hydrogen-bond acceptors (Lipinski definition) is 3. The number of aliphatic hydroxyl groups excluding tert-OH is 1. The lowest BCUT2D eigenvalue weighted by molar-refractivity contribution is 0.141. The van der Waals surface area contributed by atoms with Crippen molar-refractivity contribution in [2.24, 2.45) is 0 Å². The average molecular weight is 326 g/mol. The summed E-state index contributed by atoms with van der Waals surface area (Å²) in [5.74, 6) is 0. The maximum atomic E-state index is 9.27. The van der Waals surface area contributed by atoms with E-state index in [0.717, 1.165) is 36.8 Å².